The molecule has 0 spiro atoms. The highest BCUT2D eigenvalue weighted by Crippen LogP contribution is 2.32. The third-order valence-electron chi connectivity index (χ3n) is 6.88. The molecule has 1 aliphatic rings. The maximum Gasteiger partial charge on any atom is 0.229 e. The fourth-order valence-electron chi connectivity index (χ4n) is 4.60. The van der Waals surface area contributed by atoms with E-state index in [4.69, 9.17) is 16.3 Å². The van der Waals surface area contributed by atoms with Crippen LogP contribution < -0.4 is 15.4 Å². The molecule has 0 amide bonds. The van der Waals surface area contributed by atoms with Crippen molar-refractivity contribution in [3.05, 3.63) is 65.6 Å². The molecule has 216 valence electrons. The number of hydrogen-bond acceptors (Lipinski definition) is 10. The summed E-state index contributed by atoms with van der Waals surface area (Å²) in [5, 5.41) is 14.5. The van der Waals surface area contributed by atoms with Crippen LogP contribution in [0.15, 0.2) is 59.8 Å². The SMILES string of the molecule is COc1cc(-n2cc(CN3CCCCC3)nn2)ccc1Nc1ncc(Cl)c(Nc2ccccc2S(=O)(=O)C(C)C)n1. The number of benzene rings is 2. The van der Waals surface area contributed by atoms with Crippen LogP contribution in [0.4, 0.5) is 23.1 Å². The van der Waals surface area contributed by atoms with Crippen molar-refractivity contribution in [1.82, 2.24) is 29.9 Å². The lowest BCUT2D eigenvalue weighted by atomic mass is 10.1. The number of para-hydroxylation sites is 1. The van der Waals surface area contributed by atoms with E-state index >= 15 is 0 Å². The van der Waals surface area contributed by atoms with Crippen molar-refractivity contribution in [2.24, 2.45) is 0 Å². The van der Waals surface area contributed by atoms with Gasteiger partial charge in [-0.25, -0.2) is 18.1 Å². The molecule has 0 bridgehead atoms. The number of ether oxygens (including phenoxy) is 1. The second-order valence-corrected chi connectivity index (χ2v) is 13.0. The van der Waals surface area contributed by atoms with Crippen molar-refractivity contribution in [1.29, 1.82) is 0 Å². The lowest BCUT2D eigenvalue weighted by Crippen LogP contribution is -2.29. The molecular weight excluding hydrogens is 564 g/mol. The third kappa shape index (κ3) is 6.61. The zero-order chi connectivity index (χ0) is 29.0. The van der Waals surface area contributed by atoms with Gasteiger partial charge in [0.1, 0.15) is 10.8 Å². The Kier molecular flexibility index (Phi) is 8.71. The van der Waals surface area contributed by atoms with Gasteiger partial charge >= 0.3 is 0 Å². The first kappa shape index (κ1) is 28.8. The fraction of sp³-hybridized carbons (Fsp3) is 0.357. The molecule has 2 N–H and O–H groups in total. The van der Waals surface area contributed by atoms with Crippen molar-refractivity contribution >= 4 is 44.6 Å². The van der Waals surface area contributed by atoms with E-state index in [1.807, 2.05) is 24.4 Å². The summed E-state index contributed by atoms with van der Waals surface area (Å²) in [6, 6.07) is 12.2. The van der Waals surface area contributed by atoms with Gasteiger partial charge in [-0.3, -0.25) is 4.90 Å². The summed E-state index contributed by atoms with van der Waals surface area (Å²) in [5.74, 6) is 1.06. The Morgan fingerprint density at radius 2 is 1.83 bits per heavy atom. The minimum Gasteiger partial charge on any atom is -0.494 e. The minimum atomic E-state index is -3.54. The van der Waals surface area contributed by atoms with Crippen molar-refractivity contribution < 1.29 is 13.2 Å². The molecule has 0 unspecified atom stereocenters. The largest absolute Gasteiger partial charge is 0.494 e. The minimum absolute atomic E-state index is 0.170. The second-order valence-electron chi connectivity index (χ2n) is 10.1. The smallest absolute Gasteiger partial charge is 0.229 e. The molecule has 2 aromatic heterocycles. The number of anilines is 4. The highest BCUT2D eigenvalue weighted by Gasteiger charge is 2.23. The molecule has 2 aromatic carbocycles. The van der Waals surface area contributed by atoms with E-state index in [2.05, 4.69) is 35.8 Å². The number of aromatic nitrogens is 5. The van der Waals surface area contributed by atoms with E-state index in [-0.39, 0.29) is 21.7 Å². The first-order valence-electron chi connectivity index (χ1n) is 13.5. The average molecular weight is 597 g/mol. The van der Waals surface area contributed by atoms with Crippen molar-refractivity contribution in [3.8, 4) is 11.4 Å². The molecule has 0 atom stereocenters. The van der Waals surface area contributed by atoms with Gasteiger partial charge in [-0.15, -0.1) is 5.10 Å². The zero-order valence-corrected chi connectivity index (χ0v) is 24.8. The molecule has 5 rings (SSSR count). The van der Waals surface area contributed by atoms with Gasteiger partial charge in [-0.05, 0) is 64.0 Å². The topological polar surface area (TPSA) is 127 Å². The number of likely N-dealkylation sites (tertiary alicyclic amines) is 1. The zero-order valence-electron chi connectivity index (χ0n) is 23.2. The van der Waals surface area contributed by atoms with Crippen LogP contribution in [0.3, 0.4) is 0 Å². The molecular formula is C28H33ClN8O3S. The number of rotatable bonds is 10. The molecule has 11 nitrogen and oxygen atoms in total. The summed E-state index contributed by atoms with van der Waals surface area (Å²) in [7, 11) is -1.96. The molecule has 1 fully saturated rings. The quantitative estimate of drug-likeness (QED) is 0.246. The first-order valence-corrected chi connectivity index (χ1v) is 15.4. The van der Waals surface area contributed by atoms with Crippen LogP contribution in [0.2, 0.25) is 5.02 Å². The third-order valence-corrected chi connectivity index (χ3v) is 9.37. The Morgan fingerprint density at radius 3 is 2.59 bits per heavy atom. The second kappa shape index (κ2) is 12.4. The first-order chi connectivity index (χ1) is 19.7. The molecule has 0 aliphatic carbocycles. The van der Waals surface area contributed by atoms with Crippen LogP contribution >= 0.6 is 11.6 Å². The van der Waals surface area contributed by atoms with Crippen LogP contribution in [0, 0.1) is 0 Å². The van der Waals surface area contributed by atoms with Crippen LogP contribution in [-0.4, -0.2) is 63.7 Å². The molecule has 0 radical (unpaired) electrons. The number of nitrogens with zero attached hydrogens (tertiary/aromatic N) is 6. The predicted octanol–water partition coefficient (Wildman–Crippen LogP) is 5.37. The van der Waals surface area contributed by atoms with Crippen LogP contribution in [-0.2, 0) is 16.4 Å². The highest BCUT2D eigenvalue weighted by atomic mass is 35.5. The number of halogens is 1. The lowest BCUT2D eigenvalue weighted by Gasteiger charge is -2.25. The maximum absolute atomic E-state index is 12.9. The summed E-state index contributed by atoms with van der Waals surface area (Å²) in [6.07, 6.45) is 7.12. The Balaban J connectivity index is 1.35. The van der Waals surface area contributed by atoms with E-state index in [1.165, 1.54) is 25.5 Å². The van der Waals surface area contributed by atoms with Gasteiger partial charge in [0.15, 0.2) is 15.7 Å². The Bertz CT molecular complexity index is 1620. The monoisotopic (exact) mass is 596 g/mol. The fourth-order valence-corrected chi connectivity index (χ4v) is 5.94. The number of nitrogens with one attached hydrogen (secondary N) is 2. The van der Waals surface area contributed by atoms with Gasteiger partial charge in [-0.2, -0.15) is 4.98 Å². The predicted molar refractivity (Wildman–Crippen MR) is 159 cm³/mol. The van der Waals surface area contributed by atoms with E-state index in [0.717, 1.165) is 31.0 Å². The molecule has 3 heterocycles. The molecule has 1 saturated heterocycles. The van der Waals surface area contributed by atoms with Crippen LogP contribution in [0.5, 0.6) is 5.75 Å². The number of piperidine rings is 1. The highest BCUT2D eigenvalue weighted by molar-refractivity contribution is 7.92. The molecule has 41 heavy (non-hydrogen) atoms. The summed E-state index contributed by atoms with van der Waals surface area (Å²) < 4.78 is 33.1. The van der Waals surface area contributed by atoms with Gasteiger partial charge in [0.2, 0.25) is 5.95 Å². The van der Waals surface area contributed by atoms with Gasteiger partial charge < -0.3 is 15.4 Å². The van der Waals surface area contributed by atoms with E-state index < -0.39 is 15.1 Å². The maximum atomic E-state index is 12.9. The molecule has 0 saturated carbocycles. The summed E-state index contributed by atoms with van der Waals surface area (Å²) in [4.78, 5) is 11.4. The number of sulfone groups is 1. The van der Waals surface area contributed by atoms with Gasteiger partial charge in [0.25, 0.3) is 0 Å². The molecule has 4 aromatic rings. The van der Waals surface area contributed by atoms with Crippen molar-refractivity contribution in [2.75, 3.05) is 30.8 Å². The number of methoxy groups -OCH3 is 1. The van der Waals surface area contributed by atoms with E-state index in [9.17, 15) is 8.42 Å². The Labute approximate surface area is 244 Å². The Hall–Kier alpha value is -3.74. The molecule has 13 heteroatoms. The van der Waals surface area contributed by atoms with Gasteiger partial charge in [-0.1, -0.05) is 35.4 Å². The van der Waals surface area contributed by atoms with Crippen LogP contribution in [0.1, 0.15) is 38.8 Å². The standard InChI is InChI=1S/C28H33ClN8O3S/c1-19(2)41(38,39)26-10-6-5-9-24(26)31-27-22(29)16-30-28(33-27)32-23-12-11-21(15-25(23)40-3)37-18-20(34-35-37)17-36-13-7-4-8-14-36/h5-6,9-12,15-16,18-19H,4,7-8,13-14,17H2,1-3H3,(H2,30,31,32,33). The van der Waals surface area contributed by atoms with E-state index in [0.29, 0.717) is 17.1 Å². The van der Waals surface area contributed by atoms with Crippen molar-refractivity contribution in [2.45, 2.75) is 49.8 Å². The van der Waals surface area contributed by atoms with Crippen molar-refractivity contribution in [3.63, 3.8) is 0 Å². The van der Waals surface area contributed by atoms with Gasteiger partial charge in [0, 0.05) is 12.6 Å². The normalized spacial score (nSPS) is 14.3. The van der Waals surface area contributed by atoms with Gasteiger partial charge in [0.05, 0.1) is 52.4 Å². The summed E-state index contributed by atoms with van der Waals surface area (Å²) in [5.41, 5.74) is 2.72. The summed E-state index contributed by atoms with van der Waals surface area (Å²) >= 11 is 6.38. The Morgan fingerprint density at radius 1 is 1.05 bits per heavy atom. The van der Waals surface area contributed by atoms with Crippen LogP contribution in [0.25, 0.3) is 5.69 Å². The number of hydrogen-bond donors (Lipinski definition) is 2. The van der Waals surface area contributed by atoms with E-state index in [1.54, 1.807) is 49.9 Å². The molecule has 1 aliphatic heterocycles. The summed E-state index contributed by atoms with van der Waals surface area (Å²) in [6.45, 7) is 6.25. The average Bonchev–Trinajstić information content (AvgIpc) is 3.44. The lowest BCUT2D eigenvalue weighted by molar-refractivity contribution is 0.218.